The molecule has 2 rings (SSSR count). The molecular weight excluding hydrogens is 705 g/mol. The van der Waals surface area contributed by atoms with Crippen molar-refractivity contribution in [3.05, 3.63) is 30.1 Å². The first-order chi connectivity index (χ1) is 12.4. The quantitative estimate of drug-likeness (QED) is 0.157. The van der Waals surface area contributed by atoms with Gasteiger partial charge in [-0.05, 0) is 42.9 Å². The van der Waals surface area contributed by atoms with Gasteiger partial charge in [0.15, 0.2) is 20.2 Å². The zero-order valence-corrected chi connectivity index (χ0v) is 22.2. The molecule has 0 bridgehead atoms. The van der Waals surface area contributed by atoms with Crippen LogP contribution in [0, 0.1) is 0 Å². The first-order valence-electron chi connectivity index (χ1n) is 7.22. The van der Waals surface area contributed by atoms with Crippen molar-refractivity contribution in [1.29, 1.82) is 0 Å². The van der Waals surface area contributed by atoms with E-state index < -0.39 is 31.3 Å². The van der Waals surface area contributed by atoms with Gasteiger partial charge in [0.05, 0.1) is 0 Å². The molecule has 0 spiro atoms. The molecule has 0 atom stereocenters. The Morgan fingerprint density at radius 1 is 0.824 bits per heavy atom. The van der Waals surface area contributed by atoms with Gasteiger partial charge in [-0.15, -0.1) is 0 Å². The van der Waals surface area contributed by atoms with Gasteiger partial charge in [0.2, 0.25) is 0 Å². The third kappa shape index (κ3) is 19.2. The van der Waals surface area contributed by atoms with Crippen LogP contribution in [0.1, 0.15) is 31.2 Å². The SMILES string of the molecule is Cn1ccc(C2=CCCCC2)c1.N.N.N.N.N.O=S(=O)([O-])C(F)(F)F.O=S(=O)([O-])C(F)(F)F.[Os+2]. The minimum Gasteiger partial charge on any atom is -0.741 e. The zero-order chi connectivity index (χ0) is 22.4. The Hall–Kier alpha value is -1.14. The number of alkyl halides is 6. The second kappa shape index (κ2) is 19.1. The number of aryl methyl sites for hydroxylation is 1. The maximum atomic E-state index is 10.7. The summed E-state index contributed by atoms with van der Waals surface area (Å²) in [5.41, 5.74) is -8.33. The molecule has 0 fully saturated rings. The van der Waals surface area contributed by atoms with Crippen LogP contribution in [-0.4, -0.2) is 41.5 Å². The van der Waals surface area contributed by atoms with Gasteiger partial charge in [-0.2, -0.15) is 26.3 Å². The van der Waals surface area contributed by atoms with Crippen molar-refractivity contribution in [1.82, 2.24) is 35.3 Å². The summed E-state index contributed by atoms with van der Waals surface area (Å²) < 4.78 is 120. The van der Waals surface area contributed by atoms with E-state index in [0.29, 0.717) is 0 Å². The van der Waals surface area contributed by atoms with Gasteiger partial charge in [0.25, 0.3) is 0 Å². The molecular formula is C13H30F6N6O6OsS2. The third-order valence-corrected chi connectivity index (χ3v) is 4.19. The Labute approximate surface area is 207 Å². The van der Waals surface area contributed by atoms with E-state index in [1.165, 1.54) is 31.2 Å². The number of halogens is 6. The van der Waals surface area contributed by atoms with Crippen LogP contribution in [0.3, 0.4) is 0 Å². The van der Waals surface area contributed by atoms with E-state index in [9.17, 15) is 26.3 Å². The maximum Gasteiger partial charge on any atom is 2.00 e. The summed E-state index contributed by atoms with van der Waals surface area (Å²) in [4.78, 5) is 0. The second-order valence-electron chi connectivity index (χ2n) is 5.34. The minimum atomic E-state index is -6.09. The Kier molecular flexibility index (Phi) is 28.0. The summed E-state index contributed by atoms with van der Waals surface area (Å²) >= 11 is 0. The fourth-order valence-electron chi connectivity index (χ4n) is 1.79. The van der Waals surface area contributed by atoms with E-state index in [4.69, 9.17) is 25.9 Å². The molecule has 210 valence electrons. The van der Waals surface area contributed by atoms with Gasteiger partial charge in [0.1, 0.15) is 0 Å². The van der Waals surface area contributed by atoms with E-state index in [-0.39, 0.29) is 50.5 Å². The van der Waals surface area contributed by atoms with Crippen LogP contribution in [0.4, 0.5) is 26.3 Å². The molecule has 0 aromatic carbocycles. The van der Waals surface area contributed by atoms with E-state index >= 15 is 0 Å². The van der Waals surface area contributed by atoms with Gasteiger partial charge < -0.3 is 44.4 Å². The molecule has 1 aliphatic rings. The first kappa shape index (κ1) is 49.9. The first-order valence-corrected chi connectivity index (χ1v) is 10.0. The van der Waals surface area contributed by atoms with E-state index in [1.807, 2.05) is 0 Å². The number of hydrogen-bond acceptors (Lipinski definition) is 11. The van der Waals surface area contributed by atoms with E-state index in [1.54, 1.807) is 5.57 Å². The van der Waals surface area contributed by atoms with Gasteiger partial charge in [-0.25, -0.2) is 16.8 Å². The number of aromatic nitrogens is 1. The van der Waals surface area contributed by atoms with Gasteiger partial charge in [-0.3, -0.25) is 0 Å². The number of hydrogen-bond donors (Lipinski definition) is 5. The molecule has 12 nitrogen and oxygen atoms in total. The molecule has 1 aromatic heterocycles. The van der Waals surface area contributed by atoms with E-state index in [0.717, 1.165) is 0 Å². The largest absolute Gasteiger partial charge is 2.00 e. The monoisotopic (exact) mass is 736 g/mol. The average molecular weight is 735 g/mol. The molecule has 0 saturated carbocycles. The molecule has 0 amide bonds. The zero-order valence-electron chi connectivity index (χ0n) is 18.0. The molecule has 1 aromatic rings. The number of allylic oxidation sites excluding steroid dienone is 2. The van der Waals surface area contributed by atoms with Crippen LogP contribution in [-0.2, 0) is 47.1 Å². The van der Waals surface area contributed by atoms with Crippen LogP contribution < -0.4 is 30.8 Å². The molecule has 1 aliphatic carbocycles. The summed E-state index contributed by atoms with van der Waals surface area (Å²) in [6, 6.07) is 2.21. The average Bonchev–Trinajstić information content (AvgIpc) is 2.92. The van der Waals surface area contributed by atoms with Gasteiger partial charge in [-0.1, -0.05) is 6.08 Å². The van der Waals surface area contributed by atoms with Crippen molar-refractivity contribution in [3.63, 3.8) is 0 Å². The van der Waals surface area contributed by atoms with Crippen LogP contribution in [0.25, 0.3) is 5.57 Å². The summed E-state index contributed by atoms with van der Waals surface area (Å²) in [6.07, 6.45) is 12.0. The molecule has 0 aliphatic heterocycles. The molecule has 21 heteroatoms. The van der Waals surface area contributed by atoms with Crippen molar-refractivity contribution in [2.24, 2.45) is 7.05 Å². The minimum absolute atomic E-state index is 0. The molecule has 15 N–H and O–H groups in total. The predicted molar refractivity (Wildman–Crippen MR) is 108 cm³/mol. The van der Waals surface area contributed by atoms with Crippen LogP contribution in [0.2, 0.25) is 0 Å². The predicted octanol–water partition coefficient (Wildman–Crippen LogP) is 3.89. The fourth-order valence-corrected chi connectivity index (χ4v) is 1.79. The molecule has 0 unspecified atom stereocenters. The normalized spacial score (nSPS) is 12.8. The van der Waals surface area contributed by atoms with Crippen molar-refractivity contribution in [3.8, 4) is 0 Å². The molecule has 1 heterocycles. The Morgan fingerprint density at radius 3 is 1.38 bits per heavy atom. The van der Waals surface area contributed by atoms with Crippen molar-refractivity contribution < 1.29 is 72.1 Å². The van der Waals surface area contributed by atoms with Crippen LogP contribution in [0.5, 0.6) is 0 Å². The Morgan fingerprint density at radius 2 is 1.18 bits per heavy atom. The molecule has 0 radical (unpaired) electrons. The second-order valence-corrected chi connectivity index (χ2v) is 8.08. The number of rotatable bonds is 1. The van der Waals surface area contributed by atoms with Crippen molar-refractivity contribution in [2.45, 2.75) is 36.7 Å². The molecule has 0 saturated heterocycles. The van der Waals surface area contributed by atoms with Crippen LogP contribution >= 0.6 is 0 Å². The summed E-state index contributed by atoms with van der Waals surface area (Å²) in [5, 5.41) is 0. The number of nitrogens with zero attached hydrogens (tertiary/aromatic N) is 1. The summed E-state index contributed by atoms with van der Waals surface area (Å²) in [7, 11) is -10.1. The van der Waals surface area contributed by atoms with E-state index in [2.05, 4.69) is 36.2 Å². The van der Waals surface area contributed by atoms with Crippen molar-refractivity contribution >= 4 is 25.8 Å². The van der Waals surface area contributed by atoms with Gasteiger partial charge in [0, 0.05) is 19.4 Å². The topological polar surface area (TPSA) is 294 Å². The smallest absolute Gasteiger partial charge is 0.741 e. The molecule has 34 heavy (non-hydrogen) atoms. The summed E-state index contributed by atoms with van der Waals surface area (Å²) in [6.45, 7) is 0. The maximum absolute atomic E-state index is 10.7. The Bertz CT molecular complexity index is 849. The van der Waals surface area contributed by atoms with Gasteiger partial charge >= 0.3 is 30.8 Å². The third-order valence-electron chi connectivity index (χ3n) is 3.06. The standard InChI is InChI=1S/C11H15N.2CHF3O3S.5H3N.Os/c1-12-8-7-11(9-12)10-5-3-2-4-6-10;2*2-1(3,4)8(5,6)7;;;;;;/h5,7-9H,2-4,6H2,1H3;2*(H,5,6,7);5*1H3;/q;;;;;;;;+2/p-2. The van der Waals surface area contributed by atoms with Crippen molar-refractivity contribution in [2.75, 3.05) is 0 Å². The fraction of sp³-hybridized carbons (Fsp3) is 0.538. The summed E-state index contributed by atoms with van der Waals surface area (Å²) in [5.74, 6) is 0. The Balaban J connectivity index is -0.0000000610. The van der Waals surface area contributed by atoms with Crippen LogP contribution in [0.15, 0.2) is 24.5 Å².